The van der Waals surface area contributed by atoms with Crippen molar-refractivity contribution in [3.8, 4) is 0 Å². The molecule has 6 nitrogen and oxygen atoms in total. The molecule has 0 spiro atoms. The number of aliphatic hydroxyl groups is 2. The Balaban J connectivity index is 2.25. The molecule has 0 radical (unpaired) electrons. The molecule has 8 heteroatoms. The Morgan fingerprint density at radius 3 is 2.36 bits per heavy atom. The Bertz CT molecular complexity index is 999. The van der Waals surface area contributed by atoms with Crippen LogP contribution in [0.25, 0.3) is 0 Å². The first-order valence-electron chi connectivity index (χ1n) is 11.0. The number of aliphatic hydroxyl groups excluding tert-OH is 2. The van der Waals surface area contributed by atoms with E-state index in [1.54, 1.807) is 30.0 Å². The van der Waals surface area contributed by atoms with Crippen LogP contribution in [0.3, 0.4) is 0 Å². The van der Waals surface area contributed by atoms with Crippen LogP contribution in [0.2, 0.25) is 10.0 Å². The second-order valence-corrected chi connectivity index (χ2v) is 9.80. The number of rotatable bonds is 8. The van der Waals surface area contributed by atoms with Crippen molar-refractivity contribution in [3.63, 3.8) is 0 Å². The second-order valence-electron chi connectivity index (χ2n) is 8.93. The molecule has 3 rings (SSSR count). The molecule has 1 aliphatic heterocycles. The summed E-state index contributed by atoms with van der Waals surface area (Å²) in [7, 11) is 0. The molecule has 1 fully saturated rings. The lowest BCUT2D eigenvalue weighted by Crippen LogP contribution is -2.59. The van der Waals surface area contributed by atoms with Crippen LogP contribution in [0, 0.1) is 5.41 Å². The minimum absolute atomic E-state index is 0.286. The van der Waals surface area contributed by atoms with Crippen LogP contribution < -0.4 is 0 Å². The fraction of sp³-hybridized carbons (Fsp3) is 0.440. The summed E-state index contributed by atoms with van der Waals surface area (Å²) in [5, 5.41) is 31.1. The quantitative estimate of drug-likeness (QED) is 0.496. The maximum absolute atomic E-state index is 13.9. The standard InChI is InChI=1S/C25H29Cl2NO5/c1-3-20(21(30)14-29)28-23(15-7-9-17(26)10-8-15)19(16-5-4-6-18(27)11-16)12-25(2,24(28)33)13-22(31)32/h4-11,19-21,23,29-30H,3,12-14H2,1-2H3,(H,31,32)/t19-,20?,21-,23-,25-/m1/s1. The van der Waals surface area contributed by atoms with Crippen molar-refractivity contribution in [2.24, 2.45) is 5.41 Å². The molecule has 2 aromatic rings. The molecule has 1 aliphatic rings. The number of aliphatic carboxylic acids is 1. The van der Waals surface area contributed by atoms with Crippen molar-refractivity contribution in [1.82, 2.24) is 4.90 Å². The van der Waals surface area contributed by atoms with E-state index in [1.165, 1.54) is 0 Å². The van der Waals surface area contributed by atoms with E-state index in [0.29, 0.717) is 16.5 Å². The number of benzene rings is 2. The highest BCUT2D eigenvalue weighted by atomic mass is 35.5. The molecular weight excluding hydrogens is 465 g/mol. The van der Waals surface area contributed by atoms with Crippen molar-refractivity contribution in [2.75, 3.05) is 6.61 Å². The predicted octanol–water partition coefficient (Wildman–Crippen LogP) is 4.66. The number of piperidine rings is 1. The minimum Gasteiger partial charge on any atom is -0.481 e. The lowest BCUT2D eigenvalue weighted by Gasteiger charge is -2.52. The van der Waals surface area contributed by atoms with E-state index in [-0.39, 0.29) is 24.7 Å². The zero-order valence-corrected chi connectivity index (χ0v) is 20.1. The molecule has 1 unspecified atom stereocenters. The van der Waals surface area contributed by atoms with Crippen molar-refractivity contribution < 1.29 is 24.9 Å². The first-order chi connectivity index (χ1) is 15.6. The van der Waals surface area contributed by atoms with Crippen molar-refractivity contribution >= 4 is 35.1 Å². The molecule has 0 aromatic heterocycles. The summed E-state index contributed by atoms with van der Waals surface area (Å²) >= 11 is 12.4. The molecule has 0 saturated carbocycles. The number of hydrogen-bond donors (Lipinski definition) is 3. The van der Waals surface area contributed by atoms with E-state index >= 15 is 0 Å². The van der Waals surface area contributed by atoms with Gasteiger partial charge in [0.2, 0.25) is 5.91 Å². The number of halogens is 2. The summed E-state index contributed by atoms with van der Waals surface area (Å²) in [4.78, 5) is 27.2. The first-order valence-corrected chi connectivity index (χ1v) is 11.7. The van der Waals surface area contributed by atoms with Crippen LogP contribution in [0.15, 0.2) is 48.5 Å². The fourth-order valence-electron chi connectivity index (χ4n) is 5.02. The average Bonchev–Trinajstić information content (AvgIpc) is 2.77. The van der Waals surface area contributed by atoms with Gasteiger partial charge in [0.25, 0.3) is 0 Å². The molecule has 0 bridgehead atoms. The SMILES string of the molecule is CCC([C@H](O)CO)N1C(=O)[C@@](C)(CC(=O)O)C[C@H](c2cccc(Cl)c2)[C@H]1c1ccc(Cl)cc1. The normalized spacial score (nSPS) is 25.0. The Labute approximate surface area is 203 Å². The van der Waals surface area contributed by atoms with Gasteiger partial charge in [0.1, 0.15) is 0 Å². The zero-order valence-electron chi connectivity index (χ0n) is 18.6. The molecular formula is C25H29Cl2NO5. The van der Waals surface area contributed by atoms with Crippen molar-refractivity contribution in [1.29, 1.82) is 0 Å². The van der Waals surface area contributed by atoms with Crippen LogP contribution in [0.1, 0.15) is 56.2 Å². The second kappa shape index (κ2) is 10.4. The molecule has 1 saturated heterocycles. The number of hydrogen-bond acceptors (Lipinski definition) is 4. The molecule has 1 heterocycles. The van der Waals surface area contributed by atoms with Crippen LogP contribution in [-0.4, -0.2) is 50.8 Å². The lowest BCUT2D eigenvalue weighted by molar-refractivity contribution is -0.164. The fourth-order valence-corrected chi connectivity index (χ4v) is 5.35. The Hall–Kier alpha value is -2.12. The summed E-state index contributed by atoms with van der Waals surface area (Å²) in [5.74, 6) is -1.73. The minimum atomic E-state index is -1.20. The summed E-state index contributed by atoms with van der Waals surface area (Å²) in [6.07, 6.45) is -0.865. The lowest BCUT2D eigenvalue weighted by atomic mass is 9.67. The molecule has 2 aromatic carbocycles. The number of nitrogens with zero attached hydrogens (tertiary/aromatic N) is 1. The van der Waals surface area contributed by atoms with Gasteiger partial charge in [-0.25, -0.2) is 0 Å². The van der Waals surface area contributed by atoms with Crippen molar-refractivity contribution in [2.45, 2.75) is 57.2 Å². The average molecular weight is 494 g/mol. The van der Waals surface area contributed by atoms with Crippen LogP contribution >= 0.6 is 23.2 Å². The number of likely N-dealkylation sites (tertiary alicyclic amines) is 1. The highest BCUT2D eigenvalue weighted by molar-refractivity contribution is 6.30. The summed E-state index contributed by atoms with van der Waals surface area (Å²) in [5.41, 5.74) is 0.466. The van der Waals surface area contributed by atoms with Gasteiger partial charge in [0.05, 0.1) is 36.6 Å². The highest BCUT2D eigenvalue weighted by Gasteiger charge is 2.53. The van der Waals surface area contributed by atoms with Gasteiger partial charge in [-0.3, -0.25) is 9.59 Å². The van der Waals surface area contributed by atoms with E-state index in [0.717, 1.165) is 11.1 Å². The summed E-state index contributed by atoms with van der Waals surface area (Å²) in [6.45, 7) is 2.96. The predicted molar refractivity (Wildman–Crippen MR) is 127 cm³/mol. The van der Waals surface area contributed by atoms with Gasteiger partial charge in [-0.1, -0.05) is 61.3 Å². The highest BCUT2D eigenvalue weighted by Crippen LogP contribution is 2.52. The van der Waals surface area contributed by atoms with E-state index in [4.69, 9.17) is 23.2 Å². The first kappa shape index (κ1) is 25.5. The van der Waals surface area contributed by atoms with Gasteiger partial charge in [0.15, 0.2) is 0 Å². The third kappa shape index (κ3) is 5.35. The maximum atomic E-state index is 13.9. The van der Waals surface area contributed by atoms with Gasteiger partial charge in [-0.15, -0.1) is 0 Å². The van der Waals surface area contributed by atoms with Crippen LogP contribution in [0.5, 0.6) is 0 Å². The third-order valence-electron chi connectivity index (χ3n) is 6.54. The molecule has 1 amide bonds. The van der Waals surface area contributed by atoms with Crippen LogP contribution in [0.4, 0.5) is 0 Å². The number of amides is 1. The van der Waals surface area contributed by atoms with E-state index in [2.05, 4.69) is 0 Å². The summed E-state index contributed by atoms with van der Waals surface area (Å²) in [6, 6.07) is 13.3. The Morgan fingerprint density at radius 2 is 1.82 bits per heavy atom. The number of carbonyl (C=O) groups is 2. The molecule has 3 N–H and O–H groups in total. The largest absolute Gasteiger partial charge is 0.481 e. The zero-order chi connectivity index (χ0) is 24.3. The maximum Gasteiger partial charge on any atom is 0.304 e. The molecule has 5 atom stereocenters. The number of carboxylic acids is 1. The van der Waals surface area contributed by atoms with Crippen molar-refractivity contribution in [3.05, 3.63) is 69.7 Å². The van der Waals surface area contributed by atoms with Gasteiger partial charge in [0, 0.05) is 16.0 Å². The summed E-state index contributed by atoms with van der Waals surface area (Å²) < 4.78 is 0. The molecule has 0 aliphatic carbocycles. The van der Waals surface area contributed by atoms with E-state index in [1.807, 2.05) is 37.3 Å². The third-order valence-corrected chi connectivity index (χ3v) is 7.03. The Kier molecular flexibility index (Phi) is 8.06. The van der Waals surface area contributed by atoms with Gasteiger partial charge < -0.3 is 20.2 Å². The Morgan fingerprint density at radius 1 is 1.15 bits per heavy atom. The number of carboxylic acid groups (broad SMARTS) is 1. The monoisotopic (exact) mass is 493 g/mol. The van der Waals surface area contributed by atoms with E-state index < -0.39 is 36.2 Å². The molecule has 33 heavy (non-hydrogen) atoms. The van der Waals surface area contributed by atoms with Gasteiger partial charge >= 0.3 is 5.97 Å². The number of carbonyl (C=O) groups excluding carboxylic acids is 1. The van der Waals surface area contributed by atoms with Crippen LogP contribution in [-0.2, 0) is 9.59 Å². The topological polar surface area (TPSA) is 98.1 Å². The van der Waals surface area contributed by atoms with Gasteiger partial charge in [-0.05, 0) is 48.2 Å². The van der Waals surface area contributed by atoms with E-state index in [9.17, 15) is 24.9 Å². The van der Waals surface area contributed by atoms with Gasteiger partial charge in [-0.2, -0.15) is 0 Å². The molecule has 178 valence electrons. The smallest absolute Gasteiger partial charge is 0.304 e.